The van der Waals surface area contributed by atoms with E-state index in [1.54, 1.807) is 6.07 Å². The molecule has 0 amide bonds. The van der Waals surface area contributed by atoms with Gasteiger partial charge in [0.25, 0.3) is 0 Å². The van der Waals surface area contributed by atoms with Gasteiger partial charge >= 0.3 is 0 Å². The Morgan fingerprint density at radius 2 is 1.89 bits per heavy atom. The maximum absolute atomic E-state index is 13.5. The fraction of sp³-hybridized carbons (Fsp3) is 0.167. The Balaban J connectivity index is 2.29. The van der Waals surface area contributed by atoms with E-state index < -0.39 is 11.6 Å². The summed E-state index contributed by atoms with van der Waals surface area (Å²) >= 11 is 0. The Kier molecular flexibility index (Phi) is 3.74. The van der Waals surface area contributed by atoms with Crippen LogP contribution < -0.4 is 16.4 Å². The quantitative estimate of drug-likeness (QED) is 0.792. The minimum absolute atomic E-state index is 0.0134. The second-order valence-corrected chi connectivity index (χ2v) is 3.78. The summed E-state index contributed by atoms with van der Waals surface area (Å²) in [6.45, 7) is 2.56. The Labute approximate surface area is 108 Å². The first kappa shape index (κ1) is 13.0. The van der Waals surface area contributed by atoms with Gasteiger partial charge in [0.05, 0.1) is 5.69 Å². The average Bonchev–Trinajstić information content (AvgIpc) is 2.33. The predicted molar refractivity (Wildman–Crippen MR) is 70.2 cm³/mol. The Hall–Kier alpha value is -2.44. The molecule has 5 nitrogen and oxygen atoms in total. The van der Waals surface area contributed by atoms with E-state index in [2.05, 4.69) is 20.6 Å². The summed E-state index contributed by atoms with van der Waals surface area (Å²) in [6.07, 6.45) is 0. The van der Waals surface area contributed by atoms with Gasteiger partial charge in [0, 0.05) is 18.7 Å². The summed E-state index contributed by atoms with van der Waals surface area (Å²) in [5.74, 6) is -0.290. The number of nitrogen functional groups attached to an aromatic ring is 1. The van der Waals surface area contributed by atoms with Crippen molar-refractivity contribution in [2.24, 2.45) is 0 Å². The van der Waals surface area contributed by atoms with E-state index in [0.717, 1.165) is 18.2 Å². The molecule has 0 radical (unpaired) electrons. The fourth-order valence-electron chi connectivity index (χ4n) is 1.53. The molecule has 19 heavy (non-hydrogen) atoms. The molecule has 0 unspecified atom stereocenters. The van der Waals surface area contributed by atoms with E-state index in [4.69, 9.17) is 5.73 Å². The molecule has 2 rings (SSSR count). The molecule has 1 aromatic heterocycles. The van der Waals surface area contributed by atoms with Crippen LogP contribution in [0.2, 0.25) is 0 Å². The molecule has 0 fully saturated rings. The van der Waals surface area contributed by atoms with Gasteiger partial charge in [-0.1, -0.05) is 0 Å². The van der Waals surface area contributed by atoms with Crippen molar-refractivity contribution in [1.82, 2.24) is 9.97 Å². The molecule has 100 valence electrons. The highest BCUT2D eigenvalue weighted by molar-refractivity contribution is 5.61. The standard InChI is InChI=1S/C12H13F2N5/c1-2-16-10-6-11(19-12(15)18-10)17-9-5-7(13)3-4-8(9)14/h3-6H,2H2,1H3,(H4,15,16,17,18,19). The van der Waals surface area contributed by atoms with Gasteiger partial charge in [-0.2, -0.15) is 9.97 Å². The summed E-state index contributed by atoms with van der Waals surface area (Å²) in [6, 6.07) is 4.68. The summed E-state index contributed by atoms with van der Waals surface area (Å²) in [7, 11) is 0. The zero-order valence-electron chi connectivity index (χ0n) is 10.2. The predicted octanol–water partition coefficient (Wildman–Crippen LogP) is 2.51. The SMILES string of the molecule is CCNc1cc(Nc2cc(F)ccc2F)nc(N)n1. The number of anilines is 4. The van der Waals surface area contributed by atoms with Gasteiger partial charge in [0.15, 0.2) is 0 Å². The first-order valence-corrected chi connectivity index (χ1v) is 5.69. The van der Waals surface area contributed by atoms with E-state index in [-0.39, 0.29) is 17.5 Å². The van der Waals surface area contributed by atoms with E-state index in [0.29, 0.717) is 12.4 Å². The number of halogens is 2. The third-order valence-electron chi connectivity index (χ3n) is 2.29. The van der Waals surface area contributed by atoms with Gasteiger partial charge in [-0.05, 0) is 19.1 Å². The molecule has 7 heteroatoms. The Morgan fingerprint density at radius 1 is 1.16 bits per heavy atom. The van der Waals surface area contributed by atoms with Gasteiger partial charge in [0.2, 0.25) is 5.95 Å². The van der Waals surface area contributed by atoms with Crippen LogP contribution in [0.25, 0.3) is 0 Å². The maximum atomic E-state index is 13.5. The molecule has 0 aliphatic heterocycles. The van der Waals surface area contributed by atoms with Gasteiger partial charge < -0.3 is 16.4 Å². The van der Waals surface area contributed by atoms with Crippen LogP contribution in [-0.2, 0) is 0 Å². The highest BCUT2D eigenvalue weighted by Gasteiger charge is 2.07. The lowest BCUT2D eigenvalue weighted by atomic mass is 10.3. The summed E-state index contributed by atoms with van der Waals surface area (Å²) in [5, 5.41) is 5.63. The van der Waals surface area contributed by atoms with E-state index in [1.165, 1.54) is 0 Å². The number of nitrogens with two attached hydrogens (primary N) is 1. The van der Waals surface area contributed by atoms with Crippen molar-refractivity contribution in [3.8, 4) is 0 Å². The molecule has 1 heterocycles. The fourth-order valence-corrected chi connectivity index (χ4v) is 1.53. The number of rotatable bonds is 4. The van der Waals surface area contributed by atoms with Crippen molar-refractivity contribution in [3.05, 3.63) is 35.9 Å². The van der Waals surface area contributed by atoms with Crippen molar-refractivity contribution in [3.63, 3.8) is 0 Å². The van der Waals surface area contributed by atoms with Crippen LogP contribution in [0, 0.1) is 11.6 Å². The van der Waals surface area contributed by atoms with Crippen LogP contribution in [0.5, 0.6) is 0 Å². The van der Waals surface area contributed by atoms with Crippen LogP contribution in [0.4, 0.5) is 32.1 Å². The molecule has 0 aliphatic rings. The highest BCUT2D eigenvalue weighted by Crippen LogP contribution is 2.21. The number of aromatic nitrogens is 2. The van der Waals surface area contributed by atoms with Crippen LogP contribution >= 0.6 is 0 Å². The maximum Gasteiger partial charge on any atom is 0.223 e. The molecule has 2 aromatic rings. The molecule has 0 spiro atoms. The van der Waals surface area contributed by atoms with E-state index in [9.17, 15) is 8.78 Å². The van der Waals surface area contributed by atoms with Crippen molar-refractivity contribution < 1.29 is 8.78 Å². The topological polar surface area (TPSA) is 75.9 Å². The van der Waals surface area contributed by atoms with Crippen molar-refractivity contribution >= 4 is 23.3 Å². The van der Waals surface area contributed by atoms with Gasteiger partial charge in [-0.25, -0.2) is 8.78 Å². The monoisotopic (exact) mass is 265 g/mol. The number of hydrogen-bond acceptors (Lipinski definition) is 5. The van der Waals surface area contributed by atoms with Crippen LogP contribution in [-0.4, -0.2) is 16.5 Å². The summed E-state index contributed by atoms with van der Waals surface area (Å²) in [5.41, 5.74) is 5.53. The molecule has 0 saturated carbocycles. The van der Waals surface area contributed by atoms with Crippen LogP contribution in [0.1, 0.15) is 6.92 Å². The molecule has 0 saturated heterocycles. The highest BCUT2D eigenvalue weighted by atomic mass is 19.1. The third-order valence-corrected chi connectivity index (χ3v) is 2.29. The second kappa shape index (κ2) is 5.47. The number of benzene rings is 1. The normalized spacial score (nSPS) is 10.3. The number of nitrogens with one attached hydrogen (secondary N) is 2. The summed E-state index contributed by atoms with van der Waals surface area (Å²) < 4.78 is 26.5. The number of nitrogens with zero attached hydrogens (tertiary/aromatic N) is 2. The van der Waals surface area contributed by atoms with Crippen LogP contribution in [0.15, 0.2) is 24.3 Å². The van der Waals surface area contributed by atoms with Crippen LogP contribution in [0.3, 0.4) is 0 Å². The van der Waals surface area contributed by atoms with Gasteiger partial charge in [-0.3, -0.25) is 0 Å². The lowest BCUT2D eigenvalue weighted by molar-refractivity contribution is 0.603. The minimum atomic E-state index is -0.580. The van der Waals surface area contributed by atoms with Gasteiger partial charge in [-0.15, -0.1) is 0 Å². The molecular weight excluding hydrogens is 252 g/mol. The second-order valence-electron chi connectivity index (χ2n) is 3.78. The largest absolute Gasteiger partial charge is 0.370 e. The molecule has 1 aromatic carbocycles. The lowest BCUT2D eigenvalue weighted by Crippen LogP contribution is -2.06. The number of hydrogen-bond donors (Lipinski definition) is 3. The molecule has 4 N–H and O–H groups in total. The molecule has 0 aliphatic carbocycles. The van der Waals surface area contributed by atoms with E-state index in [1.807, 2.05) is 6.92 Å². The zero-order chi connectivity index (χ0) is 13.8. The van der Waals surface area contributed by atoms with E-state index >= 15 is 0 Å². The van der Waals surface area contributed by atoms with Crippen molar-refractivity contribution in [1.29, 1.82) is 0 Å². The average molecular weight is 265 g/mol. The lowest BCUT2D eigenvalue weighted by Gasteiger charge is -2.09. The zero-order valence-corrected chi connectivity index (χ0v) is 10.2. The first-order chi connectivity index (χ1) is 9.08. The molecule has 0 atom stereocenters. The summed E-state index contributed by atoms with van der Waals surface area (Å²) in [4.78, 5) is 7.86. The third kappa shape index (κ3) is 3.27. The smallest absolute Gasteiger partial charge is 0.223 e. The minimum Gasteiger partial charge on any atom is -0.370 e. The van der Waals surface area contributed by atoms with Crippen molar-refractivity contribution in [2.75, 3.05) is 22.9 Å². The van der Waals surface area contributed by atoms with Crippen molar-refractivity contribution in [2.45, 2.75) is 6.92 Å². The molecular formula is C12H13F2N5. The molecule has 0 bridgehead atoms. The Morgan fingerprint density at radius 3 is 2.63 bits per heavy atom. The van der Waals surface area contributed by atoms with Gasteiger partial charge in [0.1, 0.15) is 23.3 Å². The Bertz CT molecular complexity index is 588. The first-order valence-electron chi connectivity index (χ1n) is 5.69.